The molecule has 5 nitrogen and oxygen atoms in total. The number of hydrogen-bond donors (Lipinski definition) is 0. The molecule has 1 fully saturated rings. The molecule has 0 aliphatic carbocycles. The lowest BCUT2D eigenvalue weighted by molar-refractivity contribution is 0.183. The predicted molar refractivity (Wildman–Crippen MR) is 180 cm³/mol. The molecule has 1 saturated heterocycles. The van der Waals surface area contributed by atoms with Crippen molar-refractivity contribution in [2.75, 3.05) is 26.2 Å². The first kappa shape index (κ1) is 29.8. The Labute approximate surface area is 262 Å². The normalized spacial score (nSPS) is 13.8. The molecule has 2 heterocycles. The number of nitrogens with zero attached hydrogens (tertiary/aromatic N) is 2. The Kier molecular flexibility index (Phi) is 9.52. The number of likely N-dealkylation sites (tertiary alicyclic amines) is 1. The van der Waals surface area contributed by atoms with E-state index in [2.05, 4.69) is 109 Å². The van der Waals surface area contributed by atoms with Gasteiger partial charge in [0.1, 0.15) is 30.5 Å². The van der Waals surface area contributed by atoms with Crippen LogP contribution in [0.4, 0.5) is 0 Å². The Balaban J connectivity index is 1.25. The monoisotopic (exact) mass is 588 g/mol. The van der Waals surface area contributed by atoms with Crippen LogP contribution in [0.15, 0.2) is 97.1 Å². The van der Waals surface area contributed by atoms with Crippen LogP contribution < -0.4 is 14.2 Å². The van der Waals surface area contributed by atoms with Gasteiger partial charge in [-0.3, -0.25) is 4.90 Å². The summed E-state index contributed by atoms with van der Waals surface area (Å²) in [6, 6.07) is 33.9. The molecule has 1 aliphatic rings. The molecular weight excluding hydrogens is 544 g/mol. The molecule has 0 bridgehead atoms. The minimum atomic E-state index is 0.139. The molecule has 1 aromatic heterocycles. The van der Waals surface area contributed by atoms with Crippen LogP contribution in [-0.2, 0) is 13.2 Å². The molecule has 0 amide bonds. The zero-order chi connectivity index (χ0) is 30.3. The van der Waals surface area contributed by atoms with Crippen LogP contribution >= 0.6 is 0 Å². The van der Waals surface area contributed by atoms with E-state index in [9.17, 15) is 0 Å². The predicted octanol–water partition coefficient (Wildman–Crippen LogP) is 8.90. The fourth-order valence-electron chi connectivity index (χ4n) is 6.18. The summed E-state index contributed by atoms with van der Waals surface area (Å²) in [6.45, 7) is 11.7. The number of rotatable bonds is 12. The number of fused-ring (bicyclic) bond motifs is 1. The summed E-state index contributed by atoms with van der Waals surface area (Å²) in [5.41, 5.74) is 7.19. The highest BCUT2D eigenvalue weighted by molar-refractivity contribution is 5.92. The van der Waals surface area contributed by atoms with Crippen molar-refractivity contribution >= 4 is 10.9 Å². The van der Waals surface area contributed by atoms with Crippen LogP contribution in [0, 0.1) is 6.92 Å². The van der Waals surface area contributed by atoms with Crippen molar-refractivity contribution < 1.29 is 14.2 Å². The number of piperidine rings is 1. The van der Waals surface area contributed by atoms with E-state index in [1.165, 1.54) is 65.6 Å². The van der Waals surface area contributed by atoms with Gasteiger partial charge in [0.05, 0.1) is 11.8 Å². The Morgan fingerprint density at radius 1 is 0.705 bits per heavy atom. The first-order valence-corrected chi connectivity index (χ1v) is 16.0. The first-order chi connectivity index (χ1) is 21.5. The zero-order valence-electron chi connectivity index (χ0n) is 26.3. The van der Waals surface area contributed by atoms with Gasteiger partial charge in [-0.25, -0.2) is 0 Å². The Morgan fingerprint density at radius 2 is 1.41 bits per heavy atom. The fourth-order valence-corrected chi connectivity index (χ4v) is 6.18. The topological polar surface area (TPSA) is 35.9 Å². The van der Waals surface area contributed by atoms with Gasteiger partial charge in [0, 0.05) is 24.0 Å². The van der Waals surface area contributed by atoms with Gasteiger partial charge >= 0.3 is 0 Å². The Hall–Kier alpha value is -4.22. The van der Waals surface area contributed by atoms with E-state index < -0.39 is 0 Å². The molecule has 44 heavy (non-hydrogen) atoms. The molecule has 6 rings (SSSR count). The van der Waals surface area contributed by atoms with Crippen molar-refractivity contribution in [2.24, 2.45) is 0 Å². The molecule has 1 aliphatic heterocycles. The first-order valence-electron chi connectivity index (χ1n) is 16.0. The van der Waals surface area contributed by atoms with Gasteiger partial charge in [0.2, 0.25) is 0 Å². The molecule has 0 atom stereocenters. The maximum atomic E-state index is 6.22. The summed E-state index contributed by atoms with van der Waals surface area (Å²) in [4.78, 5) is 2.51. The van der Waals surface area contributed by atoms with Crippen LogP contribution in [0.3, 0.4) is 0 Å². The van der Waals surface area contributed by atoms with Crippen LogP contribution in [0.5, 0.6) is 17.2 Å². The second-order valence-corrected chi connectivity index (χ2v) is 12.1. The standard InChI is InChI=1S/C39H44N2O3/c1-29(2)44-35-18-14-33(15-19-35)39-30(3)37-26-36(43-28-32-10-6-4-7-11-32)20-21-38(37)41(39)27-31-12-16-34(17-13-31)42-25-24-40-22-8-5-9-23-40/h4,6-7,10-21,26,29H,5,8-9,22-25,27-28H2,1-3H3. The number of ether oxygens (including phenoxy) is 3. The van der Waals surface area contributed by atoms with Gasteiger partial charge in [0.15, 0.2) is 0 Å². The molecule has 0 spiro atoms. The van der Waals surface area contributed by atoms with Gasteiger partial charge in [0.25, 0.3) is 0 Å². The number of aryl methyl sites for hydroxylation is 1. The van der Waals surface area contributed by atoms with Crippen molar-refractivity contribution in [1.29, 1.82) is 0 Å². The molecule has 0 saturated carbocycles. The van der Waals surface area contributed by atoms with Crippen LogP contribution in [-0.4, -0.2) is 41.8 Å². The van der Waals surface area contributed by atoms with Crippen LogP contribution in [0.2, 0.25) is 0 Å². The van der Waals surface area contributed by atoms with Gasteiger partial charge < -0.3 is 18.8 Å². The van der Waals surface area contributed by atoms with E-state index in [1.54, 1.807) is 0 Å². The zero-order valence-corrected chi connectivity index (χ0v) is 26.3. The second-order valence-electron chi connectivity index (χ2n) is 12.1. The maximum Gasteiger partial charge on any atom is 0.120 e. The third-order valence-electron chi connectivity index (χ3n) is 8.42. The lowest BCUT2D eigenvalue weighted by Gasteiger charge is -2.26. The van der Waals surface area contributed by atoms with E-state index in [0.29, 0.717) is 6.61 Å². The molecule has 228 valence electrons. The third kappa shape index (κ3) is 7.28. The van der Waals surface area contributed by atoms with E-state index in [-0.39, 0.29) is 6.10 Å². The fraction of sp³-hybridized carbons (Fsp3) is 0.333. The molecule has 5 heteroatoms. The Bertz CT molecular complexity index is 1630. The number of hydrogen-bond acceptors (Lipinski definition) is 4. The quantitative estimate of drug-likeness (QED) is 0.146. The highest BCUT2D eigenvalue weighted by Crippen LogP contribution is 2.37. The average molecular weight is 589 g/mol. The third-order valence-corrected chi connectivity index (χ3v) is 8.42. The Morgan fingerprint density at radius 3 is 2.14 bits per heavy atom. The number of aromatic nitrogens is 1. The molecule has 0 radical (unpaired) electrons. The second kappa shape index (κ2) is 14.0. The minimum absolute atomic E-state index is 0.139. The van der Waals surface area contributed by atoms with Crippen molar-refractivity contribution in [2.45, 2.75) is 59.3 Å². The highest BCUT2D eigenvalue weighted by atomic mass is 16.5. The lowest BCUT2D eigenvalue weighted by atomic mass is 10.1. The van der Waals surface area contributed by atoms with Gasteiger partial charge in [-0.05, 0) is 124 Å². The molecular formula is C39H44N2O3. The largest absolute Gasteiger partial charge is 0.492 e. The van der Waals surface area contributed by atoms with E-state index in [0.717, 1.165) is 42.5 Å². The summed E-state index contributed by atoms with van der Waals surface area (Å²) >= 11 is 0. The molecule has 0 unspecified atom stereocenters. The van der Waals surface area contributed by atoms with Gasteiger partial charge in [-0.15, -0.1) is 0 Å². The van der Waals surface area contributed by atoms with E-state index >= 15 is 0 Å². The summed E-state index contributed by atoms with van der Waals surface area (Å²) in [5.74, 6) is 2.69. The van der Waals surface area contributed by atoms with Gasteiger partial charge in [-0.2, -0.15) is 0 Å². The molecule has 4 aromatic carbocycles. The van der Waals surface area contributed by atoms with Crippen molar-refractivity contribution in [3.63, 3.8) is 0 Å². The van der Waals surface area contributed by atoms with Crippen LogP contribution in [0.1, 0.15) is 49.8 Å². The molecule has 5 aromatic rings. The highest BCUT2D eigenvalue weighted by Gasteiger charge is 2.18. The number of benzene rings is 4. The summed E-state index contributed by atoms with van der Waals surface area (Å²) in [5, 5.41) is 1.20. The van der Waals surface area contributed by atoms with E-state index in [1.807, 2.05) is 18.2 Å². The van der Waals surface area contributed by atoms with Gasteiger partial charge in [-0.1, -0.05) is 48.9 Å². The lowest BCUT2D eigenvalue weighted by Crippen LogP contribution is -2.33. The summed E-state index contributed by atoms with van der Waals surface area (Å²) < 4.78 is 20.7. The smallest absolute Gasteiger partial charge is 0.120 e. The van der Waals surface area contributed by atoms with Crippen molar-refractivity contribution in [1.82, 2.24) is 9.47 Å². The van der Waals surface area contributed by atoms with Crippen LogP contribution in [0.25, 0.3) is 22.2 Å². The molecule has 0 N–H and O–H groups in total. The van der Waals surface area contributed by atoms with Crippen molar-refractivity contribution in [3.05, 3.63) is 114 Å². The minimum Gasteiger partial charge on any atom is -0.492 e. The van der Waals surface area contributed by atoms with Crippen molar-refractivity contribution in [3.8, 4) is 28.5 Å². The maximum absolute atomic E-state index is 6.22. The summed E-state index contributed by atoms with van der Waals surface area (Å²) in [6.07, 6.45) is 4.11. The summed E-state index contributed by atoms with van der Waals surface area (Å²) in [7, 11) is 0. The van der Waals surface area contributed by atoms with E-state index in [4.69, 9.17) is 14.2 Å². The SMILES string of the molecule is Cc1c(-c2ccc(OC(C)C)cc2)n(Cc2ccc(OCCN3CCCCC3)cc2)c2ccc(OCc3ccccc3)cc12. The average Bonchev–Trinajstić information content (AvgIpc) is 3.32.